The fraction of sp³-hybridized carbons (Fsp3) is 1.00. The van der Waals surface area contributed by atoms with E-state index in [0.717, 1.165) is 0 Å². The molecule has 10 heavy (non-hydrogen) atoms. The molecule has 0 radical (unpaired) electrons. The molecule has 0 aliphatic rings. The molecule has 0 fully saturated rings. The maximum Gasteiger partial charge on any atom is 0.154 e. The Balaban J connectivity index is 3.41. The molecule has 0 bridgehead atoms. The van der Waals surface area contributed by atoms with Crippen LogP contribution in [0.15, 0.2) is 0 Å². The summed E-state index contributed by atoms with van der Waals surface area (Å²) in [5, 5.41) is 25.8. The largest absolute Gasteiger partial charge is 0.394 e. The van der Waals surface area contributed by atoms with Crippen molar-refractivity contribution in [3.63, 3.8) is 0 Å². The Hall–Kier alpha value is -0.160. The van der Waals surface area contributed by atoms with E-state index in [-0.39, 0.29) is 13.2 Å². The molecule has 0 aromatic rings. The summed E-state index contributed by atoms with van der Waals surface area (Å²) in [6.45, 7) is 1.21. The molecule has 0 rings (SSSR count). The summed E-state index contributed by atoms with van der Waals surface area (Å²) in [6.07, 6.45) is -1.09. The standard InChI is InChI=1S/C6H14O4/c1-2-6(9)10-5(3-7)4-8/h5-9H,2-4H2,1H3. The fourth-order valence-corrected chi connectivity index (χ4v) is 0.462. The zero-order valence-corrected chi connectivity index (χ0v) is 6.03. The highest BCUT2D eigenvalue weighted by Gasteiger charge is 2.09. The van der Waals surface area contributed by atoms with Crippen molar-refractivity contribution >= 4 is 0 Å². The van der Waals surface area contributed by atoms with Crippen LogP contribution in [-0.4, -0.2) is 40.9 Å². The van der Waals surface area contributed by atoms with Crippen LogP contribution in [0.1, 0.15) is 13.3 Å². The first-order valence-electron chi connectivity index (χ1n) is 3.29. The monoisotopic (exact) mass is 150 g/mol. The zero-order valence-electron chi connectivity index (χ0n) is 6.03. The average Bonchev–Trinajstić information content (AvgIpc) is 1.99. The number of hydrogen-bond donors (Lipinski definition) is 3. The molecule has 62 valence electrons. The van der Waals surface area contributed by atoms with E-state index in [0.29, 0.717) is 6.42 Å². The van der Waals surface area contributed by atoms with E-state index in [4.69, 9.17) is 20.1 Å². The van der Waals surface area contributed by atoms with Crippen LogP contribution < -0.4 is 0 Å². The predicted octanol–water partition coefficient (Wildman–Crippen LogP) is -0.915. The van der Waals surface area contributed by atoms with E-state index >= 15 is 0 Å². The summed E-state index contributed by atoms with van der Waals surface area (Å²) in [6, 6.07) is 0. The Morgan fingerprint density at radius 1 is 1.30 bits per heavy atom. The summed E-state index contributed by atoms with van der Waals surface area (Å²) in [5.74, 6) is 0. The third-order valence-corrected chi connectivity index (χ3v) is 1.11. The van der Waals surface area contributed by atoms with Crippen molar-refractivity contribution in [2.45, 2.75) is 25.7 Å². The third-order valence-electron chi connectivity index (χ3n) is 1.11. The molecule has 3 N–H and O–H groups in total. The molecule has 0 spiro atoms. The van der Waals surface area contributed by atoms with Gasteiger partial charge < -0.3 is 20.1 Å². The maximum atomic E-state index is 8.85. The highest BCUT2D eigenvalue weighted by atomic mass is 16.6. The van der Waals surface area contributed by atoms with Crippen LogP contribution in [0.5, 0.6) is 0 Å². The molecule has 0 aliphatic carbocycles. The molecular weight excluding hydrogens is 136 g/mol. The highest BCUT2D eigenvalue weighted by Crippen LogP contribution is 1.97. The van der Waals surface area contributed by atoms with E-state index in [2.05, 4.69) is 0 Å². The van der Waals surface area contributed by atoms with Crippen LogP contribution in [0, 0.1) is 0 Å². The maximum absolute atomic E-state index is 8.85. The van der Waals surface area contributed by atoms with E-state index in [9.17, 15) is 0 Å². The molecule has 0 aromatic carbocycles. The number of hydrogen-bond acceptors (Lipinski definition) is 4. The smallest absolute Gasteiger partial charge is 0.154 e. The zero-order chi connectivity index (χ0) is 7.98. The Morgan fingerprint density at radius 3 is 2.10 bits per heavy atom. The first-order valence-corrected chi connectivity index (χ1v) is 3.29. The molecular formula is C6H14O4. The predicted molar refractivity (Wildman–Crippen MR) is 35.3 cm³/mol. The van der Waals surface area contributed by atoms with Gasteiger partial charge in [-0.15, -0.1) is 0 Å². The van der Waals surface area contributed by atoms with Crippen LogP contribution >= 0.6 is 0 Å². The van der Waals surface area contributed by atoms with Crippen LogP contribution in [0.4, 0.5) is 0 Å². The van der Waals surface area contributed by atoms with Gasteiger partial charge in [0.2, 0.25) is 0 Å². The first kappa shape index (κ1) is 9.84. The van der Waals surface area contributed by atoms with Crippen molar-refractivity contribution in [3.8, 4) is 0 Å². The number of ether oxygens (including phenoxy) is 1. The van der Waals surface area contributed by atoms with Crippen molar-refractivity contribution in [2.24, 2.45) is 0 Å². The molecule has 1 unspecified atom stereocenters. The second-order valence-corrected chi connectivity index (χ2v) is 1.99. The van der Waals surface area contributed by atoms with Gasteiger partial charge in [0.15, 0.2) is 6.29 Å². The highest BCUT2D eigenvalue weighted by molar-refractivity contribution is 4.52. The molecule has 0 aromatic heterocycles. The Labute approximate surface area is 60.1 Å². The molecule has 4 heteroatoms. The summed E-state index contributed by atoms with van der Waals surface area (Å²) in [4.78, 5) is 0. The van der Waals surface area contributed by atoms with Gasteiger partial charge in [0.25, 0.3) is 0 Å². The number of rotatable bonds is 5. The van der Waals surface area contributed by atoms with E-state index in [1.807, 2.05) is 0 Å². The lowest BCUT2D eigenvalue weighted by Crippen LogP contribution is -2.27. The molecule has 0 aliphatic heterocycles. The molecule has 0 saturated carbocycles. The summed E-state index contributed by atoms with van der Waals surface area (Å²) < 4.78 is 4.75. The number of aliphatic hydroxyl groups is 3. The summed E-state index contributed by atoms with van der Waals surface area (Å²) in [5.41, 5.74) is 0. The second-order valence-electron chi connectivity index (χ2n) is 1.99. The SMILES string of the molecule is CCC(O)OC(CO)CO. The lowest BCUT2D eigenvalue weighted by molar-refractivity contribution is -0.157. The lowest BCUT2D eigenvalue weighted by atomic mass is 10.4. The normalized spacial score (nSPS) is 14.1. The van der Waals surface area contributed by atoms with Gasteiger partial charge >= 0.3 is 0 Å². The van der Waals surface area contributed by atoms with Crippen molar-refractivity contribution in [1.82, 2.24) is 0 Å². The third kappa shape index (κ3) is 3.79. The van der Waals surface area contributed by atoms with Gasteiger partial charge in [-0.3, -0.25) is 0 Å². The van der Waals surface area contributed by atoms with Crippen LogP contribution in [0.25, 0.3) is 0 Å². The fourth-order valence-electron chi connectivity index (χ4n) is 0.462. The Morgan fingerprint density at radius 2 is 1.80 bits per heavy atom. The second kappa shape index (κ2) is 5.61. The van der Waals surface area contributed by atoms with Crippen LogP contribution in [-0.2, 0) is 4.74 Å². The van der Waals surface area contributed by atoms with Crippen molar-refractivity contribution in [1.29, 1.82) is 0 Å². The average molecular weight is 150 g/mol. The van der Waals surface area contributed by atoms with Gasteiger partial charge in [-0.2, -0.15) is 0 Å². The van der Waals surface area contributed by atoms with Crippen molar-refractivity contribution in [3.05, 3.63) is 0 Å². The Bertz CT molecular complexity index is 72.1. The van der Waals surface area contributed by atoms with Gasteiger partial charge in [-0.05, 0) is 6.42 Å². The number of aliphatic hydroxyl groups excluding tert-OH is 3. The Kier molecular flexibility index (Phi) is 5.52. The summed E-state index contributed by atoms with van der Waals surface area (Å²) in [7, 11) is 0. The van der Waals surface area contributed by atoms with E-state index < -0.39 is 12.4 Å². The first-order chi connectivity index (χ1) is 4.74. The lowest BCUT2D eigenvalue weighted by Gasteiger charge is -2.16. The van der Waals surface area contributed by atoms with Gasteiger partial charge in [-0.25, -0.2) is 0 Å². The molecule has 0 saturated heterocycles. The molecule has 0 heterocycles. The topological polar surface area (TPSA) is 69.9 Å². The summed E-state index contributed by atoms with van der Waals surface area (Å²) >= 11 is 0. The minimum Gasteiger partial charge on any atom is -0.394 e. The van der Waals surface area contributed by atoms with Gasteiger partial charge in [-0.1, -0.05) is 6.92 Å². The van der Waals surface area contributed by atoms with Crippen molar-refractivity contribution in [2.75, 3.05) is 13.2 Å². The molecule has 4 nitrogen and oxygen atoms in total. The van der Waals surface area contributed by atoms with Gasteiger partial charge in [0, 0.05) is 0 Å². The minimum atomic E-state index is -0.885. The van der Waals surface area contributed by atoms with Crippen LogP contribution in [0.3, 0.4) is 0 Å². The minimum absolute atomic E-state index is 0.270. The van der Waals surface area contributed by atoms with Crippen molar-refractivity contribution < 1.29 is 20.1 Å². The van der Waals surface area contributed by atoms with Gasteiger partial charge in [0.1, 0.15) is 6.10 Å². The van der Waals surface area contributed by atoms with Gasteiger partial charge in [0.05, 0.1) is 13.2 Å². The molecule has 1 atom stereocenters. The van der Waals surface area contributed by atoms with E-state index in [1.54, 1.807) is 6.92 Å². The quantitative estimate of drug-likeness (QED) is 0.443. The molecule has 0 amide bonds. The van der Waals surface area contributed by atoms with E-state index in [1.165, 1.54) is 0 Å². The van der Waals surface area contributed by atoms with Crippen LogP contribution in [0.2, 0.25) is 0 Å².